The van der Waals surface area contributed by atoms with Gasteiger partial charge in [0.05, 0.1) is 10.6 Å². The second kappa shape index (κ2) is 6.36. The number of carbonyl (C=O) groups is 2. The van der Waals surface area contributed by atoms with E-state index in [0.717, 1.165) is 10.6 Å². The molecular formula is C20H14N4O3S. The maximum absolute atomic E-state index is 12.8. The Kier molecular flexibility index (Phi) is 3.81. The molecule has 0 saturated carbocycles. The van der Waals surface area contributed by atoms with E-state index >= 15 is 0 Å². The third kappa shape index (κ3) is 2.62. The number of rotatable bonds is 3. The molecule has 1 aliphatic heterocycles. The van der Waals surface area contributed by atoms with Crippen molar-refractivity contribution in [3.63, 3.8) is 0 Å². The molecule has 2 aliphatic rings. The Morgan fingerprint density at radius 2 is 1.82 bits per heavy atom. The second-order valence-corrected chi connectivity index (χ2v) is 7.25. The highest BCUT2D eigenvalue weighted by Gasteiger charge is 2.48. The Bertz CT molecular complexity index is 1100. The van der Waals surface area contributed by atoms with Crippen LogP contribution in [-0.2, 0) is 14.3 Å². The van der Waals surface area contributed by atoms with E-state index in [1.165, 1.54) is 28.4 Å². The molecule has 1 spiro atoms. The van der Waals surface area contributed by atoms with E-state index in [-0.39, 0.29) is 18.3 Å². The molecule has 1 aromatic carbocycles. The van der Waals surface area contributed by atoms with Gasteiger partial charge in [0.25, 0.3) is 5.91 Å². The predicted octanol–water partition coefficient (Wildman–Crippen LogP) is 2.75. The Labute approximate surface area is 164 Å². The third-order valence-corrected chi connectivity index (χ3v) is 5.40. The fourth-order valence-corrected chi connectivity index (χ4v) is 3.88. The number of nitrogens with zero attached hydrogens (tertiary/aromatic N) is 4. The number of hydrogen-bond acceptors (Lipinski definition) is 6. The molecule has 5 rings (SSSR count). The molecule has 1 amide bonds. The van der Waals surface area contributed by atoms with Crippen LogP contribution in [0.1, 0.15) is 0 Å². The Morgan fingerprint density at radius 3 is 2.54 bits per heavy atom. The zero-order chi connectivity index (χ0) is 19.1. The number of carbonyl (C=O) groups excluding carboxylic acids is 2. The maximum Gasteiger partial charge on any atom is 0.258 e. The van der Waals surface area contributed by atoms with Crippen molar-refractivity contribution in [3.05, 3.63) is 72.1 Å². The summed E-state index contributed by atoms with van der Waals surface area (Å²) >= 11 is 1.52. The van der Waals surface area contributed by atoms with Crippen molar-refractivity contribution in [3.8, 4) is 16.4 Å². The second-order valence-electron chi connectivity index (χ2n) is 6.30. The van der Waals surface area contributed by atoms with Crippen molar-refractivity contribution in [1.82, 2.24) is 14.8 Å². The van der Waals surface area contributed by atoms with Gasteiger partial charge in [-0.2, -0.15) is 9.67 Å². The van der Waals surface area contributed by atoms with Crippen molar-refractivity contribution in [1.29, 1.82) is 0 Å². The number of ketones is 1. The van der Waals surface area contributed by atoms with Gasteiger partial charge in [-0.25, -0.2) is 4.90 Å². The first-order valence-corrected chi connectivity index (χ1v) is 9.50. The summed E-state index contributed by atoms with van der Waals surface area (Å²) in [6, 6.07) is 13.3. The summed E-state index contributed by atoms with van der Waals surface area (Å²) in [6.45, 7) is -0.112. The zero-order valence-electron chi connectivity index (χ0n) is 14.6. The van der Waals surface area contributed by atoms with Crippen molar-refractivity contribution < 1.29 is 14.3 Å². The Hall–Kier alpha value is -3.36. The van der Waals surface area contributed by atoms with Crippen LogP contribution in [0.25, 0.3) is 16.4 Å². The molecular weight excluding hydrogens is 376 g/mol. The standard InChI is InChI=1S/C20H14N4O3S/c25-15-8-10-20(11-9-15)23(17(26)13-27-20)19-21-18(16-7-4-12-28-16)22-24(19)14-5-2-1-3-6-14/h1-12H,13H2. The first kappa shape index (κ1) is 16.8. The number of hydrogen-bond donors (Lipinski definition) is 0. The van der Waals surface area contributed by atoms with Crippen LogP contribution in [0.4, 0.5) is 5.95 Å². The van der Waals surface area contributed by atoms with Crippen LogP contribution in [-0.4, -0.2) is 38.8 Å². The topological polar surface area (TPSA) is 77.3 Å². The summed E-state index contributed by atoms with van der Waals surface area (Å²) < 4.78 is 7.40. The van der Waals surface area contributed by atoms with Crippen LogP contribution in [0.2, 0.25) is 0 Å². The highest BCUT2D eigenvalue weighted by molar-refractivity contribution is 7.13. The lowest BCUT2D eigenvalue weighted by molar-refractivity contribution is -0.117. The molecule has 138 valence electrons. The van der Waals surface area contributed by atoms with Gasteiger partial charge in [-0.15, -0.1) is 16.4 Å². The molecule has 0 N–H and O–H groups in total. The van der Waals surface area contributed by atoms with Gasteiger partial charge in [0, 0.05) is 0 Å². The number of allylic oxidation sites excluding steroid dienone is 2. The first-order chi connectivity index (χ1) is 13.7. The van der Waals surface area contributed by atoms with Crippen LogP contribution in [0.3, 0.4) is 0 Å². The quantitative estimate of drug-likeness (QED) is 0.687. The van der Waals surface area contributed by atoms with Gasteiger partial charge in [0.2, 0.25) is 5.95 Å². The minimum absolute atomic E-state index is 0.112. The zero-order valence-corrected chi connectivity index (χ0v) is 15.4. The Balaban J connectivity index is 1.70. The summed E-state index contributed by atoms with van der Waals surface area (Å²) in [4.78, 5) is 31.4. The van der Waals surface area contributed by atoms with E-state index in [0.29, 0.717) is 11.8 Å². The van der Waals surface area contributed by atoms with Crippen molar-refractivity contribution >= 4 is 29.0 Å². The number of amides is 1. The van der Waals surface area contributed by atoms with E-state index in [1.54, 1.807) is 16.8 Å². The molecule has 0 atom stereocenters. The lowest BCUT2D eigenvalue weighted by Crippen LogP contribution is -2.46. The summed E-state index contributed by atoms with van der Waals surface area (Å²) in [5, 5.41) is 6.59. The van der Waals surface area contributed by atoms with Gasteiger partial charge < -0.3 is 4.74 Å². The van der Waals surface area contributed by atoms with E-state index in [9.17, 15) is 9.59 Å². The first-order valence-electron chi connectivity index (χ1n) is 8.62. The molecule has 2 aromatic heterocycles. The van der Waals surface area contributed by atoms with Crippen molar-refractivity contribution in [2.24, 2.45) is 0 Å². The summed E-state index contributed by atoms with van der Waals surface area (Å²) in [7, 11) is 0. The van der Waals surface area contributed by atoms with E-state index in [4.69, 9.17) is 4.74 Å². The summed E-state index contributed by atoms with van der Waals surface area (Å²) in [5.41, 5.74) is -0.417. The minimum atomic E-state index is -1.18. The molecule has 1 fully saturated rings. The molecule has 8 heteroatoms. The summed E-state index contributed by atoms with van der Waals surface area (Å²) in [6.07, 6.45) is 5.95. The summed E-state index contributed by atoms with van der Waals surface area (Å²) in [5.74, 6) is 0.438. The van der Waals surface area contributed by atoms with Crippen LogP contribution in [0, 0.1) is 0 Å². The molecule has 1 saturated heterocycles. The van der Waals surface area contributed by atoms with Gasteiger partial charge in [0.15, 0.2) is 17.3 Å². The number of para-hydroxylation sites is 1. The monoisotopic (exact) mass is 390 g/mol. The smallest absolute Gasteiger partial charge is 0.258 e. The Morgan fingerprint density at radius 1 is 1.04 bits per heavy atom. The molecule has 0 bridgehead atoms. The molecule has 7 nitrogen and oxygen atoms in total. The largest absolute Gasteiger partial charge is 0.338 e. The predicted molar refractivity (Wildman–Crippen MR) is 104 cm³/mol. The minimum Gasteiger partial charge on any atom is -0.338 e. The third-order valence-electron chi connectivity index (χ3n) is 4.53. The highest BCUT2D eigenvalue weighted by atomic mass is 32.1. The van der Waals surface area contributed by atoms with Crippen LogP contribution >= 0.6 is 11.3 Å². The average molecular weight is 390 g/mol. The normalized spacial score (nSPS) is 17.8. The number of anilines is 1. The fraction of sp³-hybridized carbons (Fsp3) is 0.100. The van der Waals surface area contributed by atoms with Crippen molar-refractivity contribution in [2.45, 2.75) is 5.72 Å². The van der Waals surface area contributed by atoms with Gasteiger partial charge in [-0.1, -0.05) is 24.3 Å². The molecule has 1 aliphatic carbocycles. The number of ether oxygens (including phenoxy) is 1. The lowest BCUT2D eigenvalue weighted by atomic mass is 10.1. The molecule has 3 aromatic rings. The van der Waals surface area contributed by atoms with Gasteiger partial charge in [0.1, 0.15) is 6.61 Å². The number of benzene rings is 1. The molecule has 3 heterocycles. The van der Waals surface area contributed by atoms with Crippen LogP contribution in [0.5, 0.6) is 0 Å². The van der Waals surface area contributed by atoms with E-state index in [2.05, 4.69) is 10.1 Å². The SMILES string of the molecule is O=C1C=CC2(C=C1)OCC(=O)N2c1nc(-c2cccs2)nn1-c1ccccc1. The molecule has 0 unspecified atom stereocenters. The lowest BCUT2D eigenvalue weighted by Gasteiger charge is -2.31. The van der Waals surface area contributed by atoms with Gasteiger partial charge in [-0.3, -0.25) is 9.59 Å². The van der Waals surface area contributed by atoms with Gasteiger partial charge in [-0.05, 0) is 47.9 Å². The van der Waals surface area contributed by atoms with E-state index < -0.39 is 5.72 Å². The number of thiophene rings is 1. The van der Waals surface area contributed by atoms with Crippen LogP contribution in [0.15, 0.2) is 72.1 Å². The molecule has 28 heavy (non-hydrogen) atoms. The number of aromatic nitrogens is 3. The molecule has 0 radical (unpaired) electrons. The highest BCUT2D eigenvalue weighted by Crippen LogP contribution is 2.36. The van der Waals surface area contributed by atoms with Gasteiger partial charge >= 0.3 is 0 Å². The maximum atomic E-state index is 12.8. The fourth-order valence-electron chi connectivity index (χ4n) is 3.23. The van der Waals surface area contributed by atoms with Crippen molar-refractivity contribution in [2.75, 3.05) is 11.5 Å². The van der Waals surface area contributed by atoms with Crippen LogP contribution < -0.4 is 4.90 Å². The average Bonchev–Trinajstić information content (AvgIpc) is 3.44. The van der Waals surface area contributed by atoms with E-state index in [1.807, 2.05) is 47.8 Å².